The number of amides is 1. The Labute approximate surface area is 143 Å². The Morgan fingerprint density at radius 2 is 1.83 bits per heavy atom. The highest BCUT2D eigenvalue weighted by Crippen LogP contribution is 2.13. The molecule has 120 valence electrons. The third-order valence-electron chi connectivity index (χ3n) is 3.54. The van der Waals surface area contributed by atoms with E-state index in [0.29, 0.717) is 5.36 Å². The summed E-state index contributed by atoms with van der Waals surface area (Å²) < 4.78 is 1.80. The molecule has 24 heavy (non-hydrogen) atoms. The third kappa shape index (κ3) is 3.97. The van der Waals surface area contributed by atoms with Crippen LogP contribution in [-0.2, 0) is 0 Å². The van der Waals surface area contributed by atoms with E-state index in [9.17, 15) is 9.59 Å². The number of carbonyl (C=O) groups excluding carboxylic acids is 1. The molecule has 0 fully saturated rings. The Kier molecular flexibility index (Phi) is 4.86. The SMILES string of the molecule is O=C(S)N=c1ccn(C2C=CCC=C2)nc1.O=c1c2ccccc12. The molecule has 0 unspecified atom stereocenters. The first kappa shape index (κ1) is 16.1. The molecule has 0 atom stereocenters. The summed E-state index contributed by atoms with van der Waals surface area (Å²) in [5.41, 5.74) is 0.218. The molecule has 1 aromatic heterocycles. The monoisotopic (exact) mass is 337 g/mol. The lowest BCUT2D eigenvalue weighted by Crippen LogP contribution is -2.14. The fourth-order valence-electron chi connectivity index (χ4n) is 2.30. The first-order valence-corrected chi connectivity index (χ1v) is 7.89. The lowest BCUT2D eigenvalue weighted by atomic mass is 10.1. The predicted molar refractivity (Wildman–Crippen MR) is 96.7 cm³/mol. The molecule has 0 saturated heterocycles. The molecule has 3 aromatic rings. The van der Waals surface area contributed by atoms with Crippen LogP contribution in [0.3, 0.4) is 0 Å². The van der Waals surface area contributed by atoms with E-state index in [1.807, 2.05) is 24.3 Å². The van der Waals surface area contributed by atoms with Crippen LogP contribution in [-0.4, -0.2) is 15.0 Å². The number of carbonyl (C=O) groups is 1. The van der Waals surface area contributed by atoms with Gasteiger partial charge in [-0.3, -0.25) is 14.3 Å². The molecule has 5 nitrogen and oxygen atoms in total. The number of aromatic nitrogens is 2. The van der Waals surface area contributed by atoms with Gasteiger partial charge in [0.15, 0.2) is 5.43 Å². The summed E-state index contributed by atoms with van der Waals surface area (Å²) in [7, 11) is 0. The summed E-state index contributed by atoms with van der Waals surface area (Å²) in [5.74, 6) is 0. The lowest BCUT2D eigenvalue weighted by Gasteiger charge is -2.13. The molecule has 0 bridgehead atoms. The Hall–Kier alpha value is -2.73. The van der Waals surface area contributed by atoms with Crippen molar-refractivity contribution in [2.24, 2.45) is 4.99 Å². The number of allylic oxidation sites excluding steroid dienone is 4. The second-order valence-corrected chi connectivity index (χ2v) is 5.60. The van der Waals surface area contributed by atoms with Gasteiger partial charge < -0.3 is 0 Å². The van der Waals surface area contributed by atoms with E-state index >= 15 is 0 Å². The maximum atomic E-state index is 10.6. The van der Waals surface area contributed by atoms with E-state index in [2.05, 4.69) is 47.0 Å². The summed E-state index contributed by atoms with van der Waals surface area (Å²) >= 11 is 3.57. The second kappa shape index (κ2) is 7.23. The minimum absolute atomic E-state index is 0.148. The molecular weight excluding hydrogens is 322 g/mol. The van der Waals surface area contributed by atoms with Crippen LogP contribution in [0.4, 0.5) is 4.79 Å². The number of nitrogens with zero attached hydrogens (tertiary/aromatic N) is 3. The van der Waals surface area contributed by atoms with Gasteiger partial charge in [-0.1, -0.05) is 61.2 Å². The molecule has 0 saturated carbocycles. The number of fused-ring (bicyclic) bond motifs is 1. The summed E-state index contributed by atoms with van der Waals surface area (Å²) in [5, 5.41) is 5.98. The van der Waals surface area contributed by atoms with Crippen molar-refractivity contribution in [2.45, 2.75) is 12.5 Å². The largest absolute Gasteiger partial charge is 0.302 e. The number of thiol groups is 1. The van der Waals surface area contributed by atoms with E-state index in [1.165, 1.54) is 0 Å². The predicted octanol–water partition coefficient (Wildman–Crippen LogP) is 2.97. The minimum Gasteiger partial charge on any atom is -0.289 e. The van der Waals surface area contributed by atoms with E-state index in [-0.39, 0.29) is 11.5 Å². The Morgan fingerprint density at radius 1 is 1.17 bits per heavy atom. The van der Waals surface area contributed by atoms with Crippen molar-refractivity contribution < 1.29 is 4.79 Å². The van der Waals surface area contributed by atoms with Crippen LogP contribution in [0.1, 0.15) is 12.5 Å². The maximum Gasteiger partial charge on any atom is 0.302 e. The summed E-state index contributed by atoms with van der Waals surface area (Å²) in [6.07, 6.45) is 12.6. The number of hydrogen-bond acceptors (Lipinski definition) is 3. The Morgan fingerprint density at radius 3 is 2.33 bits per heavy atom. The van der Waals surface area contributed by atoms with Crippen LogP contribution in [0, 0.1) is 0 Å². The molecule has 1 aliphatic carbocycles. The van der Waals surface area contributed by atoms with Crippen LogP contribution in [0.15, 0.2) is 76.8 Å². The van der Waals surface area contributed by atoms with Crippen molar-refractivity contribution in [3.8, 4) is 0 Å². The lowest BCUT2D eigenvalue weighted by molar-refractivity contribution is 0.267. The topological polar surface area (TPSA) is 64.3 Å². The minimum atomic E-state index is -0.517. The molecule has 0 radical (unpaired) electrons. The fraction of sp³-hybridized carbons (Fsp3) is 0.111. The average molecular weight is 337 g/mol. The summed E-state index contributed by atoms with van der Waals surface area (Å²) in [6.45, 7) is 0. The zero-order valence-electron chi connectivity index (χ0n) is 12.7. The van der Waals surface area contributed by atoms with Gasteiger partial charge in [0.25, 0.3) is 0 Å². The van der Waals surface area contributed by atoms with Crippen molar-refractivity contribution in [2.75, 3.05) is 0 Å². The first-order valence-electron chi connectivity index (χ1n) is 7.44. The third-order valence-corrected chi connectivity index (χ3v) is 3.64. The zero-order valence-corrected chi connectivity index (χ0v) is 13.6. The molecule has 0 N–H and O–H groups in total. The Bertz CT molecular complexity index is 944. The molecular formula is C18H15N3O2S. The van der Waals surface area contributed by atoms with Gasteiger partial charge in [-0.15, -0.1) is 0 Å². The van der Waals surface area contributed by atoms with Crippen LogP contribution < -0.4 is 10.8 Å². The van der Waals surface area contributed by atoms with Crippen molar-refractivity contribution in [1.29, 1.82) is 0 Å². The molecule has 1 amide bonds. The van der Waals surface area contributed by atoms with Gasteiger partial charge in [-0.25, -0.2) is 4.99 Å². The number of rotatable bonds is 1. The van der Waals surface area contributed by atoms with Crippen LogP contribution in [0.5, 0.6) is 0 Å². The van der Waals surface area contributed by atoms with Gasteiger partial charge in [-0.05, 0) is 12.5 Å². The molecule has 0 spiro atoms. The quantitative estimate of drug-likeness (QED) is 0.548. The van der Waals surface area contributed by atoms with Gasteiger partial charge in [0, 0.05) is 17.0 Å². The fourth-order valence-corrected chi connectivity index (χ4v) is 2.42. The second-order valence-electron chi connectivity index (χ2n) is 5.22. The van der Waals surface area contributed by atoms with E-state index in [1.54, 1.807) is 23.1 Å². The average Bonchev–Trinajstić information content (AvgIpc) is 3.27. The van der Waals surface area contributed by atoms with Gasteiger partial charge >= 0.3 is 5.24 Å². The molecule has 4 rings (SSSR count). The highest BCUT2D eigenvalue weighted by molar-refractivity contribution is 7.96. The zero-order chi connectivity index (χ0) is 16.9. The van der Waals surface area contributed by atoms with Crippen LogP contribution >= 0.6 is 12.6 Å². The first-order chi connectivity index (χ1) is 11.6. The van der Waals surface area contributed by atoms with Gasteiger partial charge in [-0.2, -0.15) is 5.10 Å². The molecule has 1 aliphatic rings. The Balaban J connectivity index is 0.000000175. The maximum absolute atomic E-state index is 10.6. The standard InChI is InChI=1S/C11H11N3OS.C7H4O/c15-11(16)13-9-6-7-14(12-8-9)10-4-2-1-3-5-10;8-7-5-3-1-2-4-6(5)7/h2-8,10H,1H2,(H,15,16);1-4H. The molecule has 1 heterocycles. The van der Waals surface area contributed by atoms with Crippen molar-refractivity contribution in [3.63, 3.8) is 0 Å². The summed E-state index contributed by atoms with van der Waals surface area (Å²) in [4.78, 5) is 24.8. The molecule has 0 aliphatic heterocycles. The van der Waals surface area contributed by atoms with Crippen LogP contribution in [0.25, 0.3) is 10.8 Å². The molecule has 6 heteroatoms. The van der Waals surface area contributed by atoms with E-state index in [0.717, 1.165) is 17.2 Å². The van der Waals surface area contributed by atoms with Crippen molar-refractivity contribution in [3.05, 3.63) is 82.6 Å². The highest BCUT2D eigenvalue weighted by atomic mass is 32.1. The van der Waals surface area contributed by atoms with Gasteiger partial charge in [0.1, 0.15) is 0 Å². The van der Waals surface area contributed by atoms with E-state index < -0.39 is 5.24 Å². The van der Waals surface area contributed by atoms with E-state index in [4.69, 9.17) is 0 Å². The smallest absolute Gasteiger partial charge is 0.289 e. The van der Waals surface area contributed by atoms with Crippen LogP contribution in [0.2, 0.25) is 0 Å². The normalized spacial score (nSPS) is 14.8. The van der Waals surface area contributed by atoms with Crippen molar-refractivity contribution in [1.82, 2.24) is 9.78 Å². The van der Waals surface area contributed by atoms with Crippen molar-refractivity contribution >= 4 is 28.6 Å². The van der Waals surface area contributed by atoms with Gasteiger partial charge in [0.2, 0.25) is 0 Å². The van der Waals surface area contributed by atoms with Gasteiger partial charge in [0.05, 0.1) is 17.6 Å². The number of benzene rings is 1. The highest BCUT2D eigenvalue weighted by Gasteiger charge is 2.07. The molecule has 2 aromatic carbocycles. The summed E-state index contributed by atoms with van der Waals surface area (Å²) in [6, 6.07) is 9.33. The number of hydrogen-bond donors (Lipinski definition) is 1.